The Morgan fingerprint density at radius 2 is 2.07 bits per heavy atom. The maximum absolute atomic E-state index is 11.0. The van der Waals surface area contributed by atoms with Crippen LogP contribution in [0.15, 0.2) is 40.3 Å². The lowest BCUT2D eigenvalue weighted by Gasteiger charge is -2.37. The molecular weight excluding hydrogens is 380 g/mol. The standard InChI is InChI=1S/C23H30N4O3/c1-5-10-24-14-19-11-16(4)18(12-21(19)15(2)3)13-22-25-26-23(30-22)17-6-8-20(9-7-17)27(28)29/h1,6-9,11,15,18-19,21,24,27-28H,10,12-14H2,2-4H3/t18-,19-,21-/m0/s1. The van der Waals surface area contributed by atoms with Gasteiger partial charge in [-0.3, -0.25) is 0 Å². The third-order valence-corrected chi connectivity index (χ3v) is 5.96. The second kappa shape index (κ2) is 10.0. The van der Waals surface area contributed by atoms with Gasteiger partial charge in [-0.1, -0.05) is 31.4 Å². The summed E-state index contributed by atoms with van der Waals surface area (Å²) in [5.74, 6) is 5.63. The molecule has 4 atom stereocenters. The van der Waals surface area contributed by atoms with Crippen molar-refractivity contribution < 1.29 is 14.9 Å². The van der Waals surface area contributed by atoms with Gasteiger partial charge in [-0.25, -0.2) is 5.21 Å². The number of allylic oxidation sites excluding steroid dienone is 1. The van der Waals surface area contributed by atoms with Gasteiger partial charge in [0.15, 0.2) is 5.69 Å². The lowest BCUT2D eigenvalue weighted by Crippen LogP contribution is -2.99. The van der Waals surface area contributed by atoms with Gasteiger partial charge in [-0.05, 0) is 49.1 Å². The molecule has 3 N–H and O–H groups in total. The molecule has 0 bridgehead atoms. The van der Waals surface area contributed by atoms with Crippen molar-refractivity contribution in [1.82, 2.24) is 15.5 Å². The summed E-state index contributed by atoms with van der Waals surface area (Å²) in [6.07, 6.45) is 9.52. The minimum absolute atomic E-state index is 0.229. The Morgan fingerprint density at radius 3 is 2.70 bits per heavy atom. The molecule has 0 fully saturated rings. The largest absolute Gasteiger partial charge is 0.595 e. The molecule has 0 radical (unpaired) electrons. The smallest absolute Gasteiger partial charge is 0.247 e. The molecule has 1 aliphatic rings. The van der Waals surface area contributed by atoms with Crippen LogP contribution in [0, 0.1) is 41.2 Å². The van der Waals surface area contributed by atoms with Crippen LogP contribution in [-0.4, -0.2) is 28.5 Å². The highest BCUT2D eigenvalue weighted by Gasteiger charge is 2.32. The van der Waals surface area contributed by atoms with E-state index >= 15 is 0 Å². The van der Waals surface area contributed by atoms with E-state index in [2.05, 4.69) is 48.3 Å². The fourth-order valence-corrected chi connectivity index (χ4v) is 4.24. The Hall–Kier alpha value is -2.50. The van der Waals surface area contributed by atoms with E-state index in [4.69, 9.17) is 16.0 Å². The molecule has 7 nitrogen and oxygen atoms in total. The number of nitrogens with zero attached hydrogens (tertiary/aromatic N) is 2. The van der Waals surface area contributed by atoms with Gasteiger partial charge in [0, 0.05) is 30.7 Å². The Morgan fingerprint density at radius 1 is 1.33 bits per heavy atom. The predicted octanol–water partition coefficient (Wildman–Crippen LogP) is 2.76. The van der Waals surface area contributed by atoms with Crippen LogP contribution in [0.4, 0.5) is 5.69 Å². The quantitative estimate of drug-likeness (QED) is 0.268. The molecule has 0 spiro atoms. The van der Waals surface area contributed by atoms with Crippen molar-refractivity contribution in [3.63, 3.8) is 0 Å². The zero-order chi connectivity index (χ0) is 21.7. The first-order valence-corrected chi connectivity index (χ1v) is 10.4. The number of terminal acetylenes is 1. The van der Waals surface area contributed by atoms with E-state index in [-0.39, 0.29) is 5.69 Å². The van der Waals surface area contributed by atoms with Crippen molar-refractivity contribution in [1.29, 1.82) is 0 Å². The fraction of sp³-hybridized carbons (Fsp3) is 0.478. The molecule has 3 rings (SSSR count). The molecule has 7 heteroatoms. The number of aromatic nitrogens is 2. The zero-order valence-electron chi connectivity index (χ0n) is 17.8. The molecule has 1 heterocycles. The van der Waals surface area contributed by atoms with Gasteiger partial charge in [0.05, 0.1) is 6.54 Å². The first-order chi connectivity index (χ1) is 14.4. The number of hydrogen-bond donors (Lipinski definition) is 3. The van der Waals surface area contributed by atoms with Crippen molar-refractivity contribution in [2.75, 3.05) is 13.1 Å². The van der Waals surface area contributed by atoms with Crippen molar-refractivity contribution in [3.8, 4) is 23.8 Å². The Balaban J connectivity index is 1.70. The van der Waals surface area contributed by atoms with Gasteiger partial charge in [0.1, 0.15) is 0 Å². The maximum Gasteiger partial charge on any atom is 0.247 e. The SMILES string of the molecule is C#CCNC[C@@H]1C=C(C)[C@H](Cc2nnc(-c3ccc([NH+]([O-])O)cc3)o2)C[C@H]1C(C)C. The summed E-state index contributed by atoms with van der Waals surface area (Å²) < 4.78 is 5.89. The number of quaternary nitrogens is 1. The Labute approximate surface area is 177 Å². The number of hydrogen-bond acceptors (Lipinski definition) is 6. The molecule has 1 aromatic heterocycles. The molecule has 1 unspecified atom stereocenters. The Kier molecular flexibility index (Phi) is 7.40. The minimum atomic E-state index is -0.958. The first kappa shape index (κ1) is 22.2. The molecule has 0 aliphatic heterocycles. The van der Waals surface area contributed by atoms with E-state index in [0.29, 0.717) is 48.4 Å². The summed E-state index contributed by atoms with van der Waals surface area (Å²) >= 11 is 0. The summed E-state index contributed by atoms with van der Waals surface area (Å²) in [5, 5.41) is 30.8. The van der Waals surface area contributed by atoms with E-state index in [0.717, 1.165) is 18.5 Å². The number of nitrogens with one attached hydrogen (secondary N) is 2. The third-order valence-electron chi connectivity index (χ3n) is 5.96. The van der Waals surface area contributed by atoms with Crippen LogP contribution < -0.4 is 10.5 Å². The summed E-state index contributed by atoms with van der Waals surface area (Å²) in [6.45, 7) is 8.22. The third kappa shape index (κ3) is 5.35. The maximum atomic E-state index is 11.0. The normalized spacial score (nSPS) is 22.6. The van der Waals surface area contributed by atoms with Gasteiger partial charge >= 0.3 is 0 Å². The topological polar surface area (TPSA) is 98.7 Å². The molecule has 1 aromatic carbocycles. The van der Waals surface area contributed by atoms with Gasteiger partial charge in [-0.2, -0.15) is 5.23 Å². The van der Waals surface area contributed by atoms with Crippen LogP contribution in [0.2, 0.25) is 0 Å². The Bertz CT molecular complexity index is 896. The van der Waals surface area contributed by atoms with Crippen LogP contribution in [0.5, 0.6) is 0 Å². The molecule has 0 saturated carbocycles. The number of rotatable bonds is 8. The van der Waals surface area contributed by atoms with Crippen molar-refractivity contribution >= 4 is 5.69 Å². The summed E-state index contributed by atoms with van der Waals surface area (Å²) in [4.78, 5) is 0. The highest BCUT2D eigenvalue weighted by molar-refractivity contribution is 5.55. The molecule has 0 amide bonds. The average molecular weight is 411 g/mol. The van der Waals surface area contributed by atoms with Crippen LogP contribution in [0.3, 0.4) is 0 Å². The van der Waals surface area contributed by atoms with Gasteiger partial charge < -0.3 is 14.9 Å². The molecule has 30 heavy (non-hydrogen) atoms. The fourth-order valence-electron chi connectivity index (χ4n) is 4.24. The highest BCUT2D eigenvalue weighted by atomic mass is 16.8. The van der Waals surface area contributed by atoms with E-state index in [1.54, 1.807) is 12.1 Å². The van der Waals surface area contributed by atoms with Crippen LogP contribution in [-0.2, 0) is 6.42 Å². The molecule has 2 aromatic rings. The van der Waals surface area contributed by atoms with Gasteiger partial charge in [0.2, 0.25) is 11.8 Å². The lowest BCUT2D eigenvalue weighted by atomic mass is 9.70. The number of benzene rings is 1. The van der Waals surface area contributed by atoms with Gasteiger partial charge in [-0.15, -0.1) is 16.6 Å². The van der Waals surface area contributed by atoms with Crippen LogP contribution in [0.1, 0.15) is 33.1 Å². The first-order valence-electron chi connectivity index (χ1n) is 10.4. The second-order valence-electron chi connectivity index (χ2n) is 8.34. The van der Waals surface area contributed by atoms with E-state index in [1.165, 1.54) is 17.7 Å². The highest BCUT2D eigenvalue weighted by Crippen LogP contribution is 2.38. The van der Waals surface area contributed by atoms with Crippen molar-refractivity contribution in [3.05, 3.63) is 47.0 Å². The average Bonchev–Trinajstić information content (AvgIpc) is 3.18. The molecule has 1 aliphatic carbocycles. The monoisotopic (exact) mass is 410 g/mol. The lowest BCUT2D eigenvalue weighted by molar-refractivity contribution is -0.991. The van der Waals surface area contributed by atoms with E-state index < -0.39 is 5.23 Å². The van der Waals surface area contributed by atoms with Crippen molar-refractivity contribution in [2.45, 2.75) is 33.6 Å². The van der Waals surface area contributed by atoms with Gasteiger partial charge in [0.25, 0.3) is 0 Å². The van der Waals surface area contributed by atoms with Crippen LogP contribution in [0.25, 0.3) is 11.5 Å². The molecule has 0 saturated heterocycles. The summed E-state index contributed by atoms with van der Waals surface area (Å²) in [6, 6.07) is 6.46. The summed E-state index contributed by atoms with van der Waals surface area (Å²) in [7, 11) is 0. The molecular formula is C23H30N4O3. The predicted molar refractivity (Wildman–Crippen MR) is 115 cm³/mol. The summed E-state index contributed by atoms with van der Waals surface area (Å²) in [5.41, 5.74) is 2.30. The zero-order valence-corrected chi connectivity index (χ0v) is 17.8. The second-order valence-corrected chi connectivity index (χ2v) is 8.34. The van der Waals surface area contributed by atoms with E-state index in [1.807, 2.05) is 0 Å². The minimum Gasteiger partial charge on any atom is -0.595 e. The van der Waals surface area contributed by atoms with Crippen LogP contribution >= 0.6 is 0 Å². The van der Waals surface area contributed by atoms with E-state index in [9.17, 15) is 5.21 Å². The molecule has 160 valence electrons. The van der Waals surface area contributed by atoms with Crippen molar-refractivity contribution in [2.24, 2.45) is 23.7 Å².